The van der Waals surface area contributed by atoms with Crippen LogP contribution in [0.4, 0.5) is 0 Å². The summed E-state index contributed by atoms with van der Waals surface area (Å²) in [6.07, 6.45) is 2.66. The molecule has 1 aromatic heterocycles. The van der Waals surface area contributed by atoms with E-state index < -0.39 is 17.4 Å². The summed E-state index contributed by atoms with van der Waals surface area (Å²) in [5.74, 6) is -1.21. The average Bonchev–Trinajstić information content (AvgIpc) is 3.19. The molecule has 2 N–H and O–H groups in total. The second-order valence-corrected chi connectivity index (χ2v) is 10.2. The van der Waals surface area contributed by atoms with Crippen LogP contribution in [0.2, 0.25) is 0 Å². The summed E-state index contributed by atoms with van der Waals surface area (Å²) in [6, 6.07) is 17.8. The van der Waals surface area contributed by atoms with Gasteiger partial charge in [0.25, 0.3) is 5.91 Å². The number of benzene rings is 2. The first-order chi connectivity index (χ1) is 16.6. The van der Waals surface area contributed by atoms with Crippen LogP contribution in [0, 0.1) is 6.92 Å². The minimum atomic E-state index is -1.52. The standard InChI is InChI=1S/C29H35N3O3/c1-6-20-13-15-23(16-14-20)29(7-2,27(34)35)30-26(33)25-19(3)31-32-24(25)17-22(18-28(32,4)5)21-11-9-8-10-12-21/h8-16,22H,6-7,17-18H2,1-5H3,(H,30,33)(H,34,35)/t22-,29+/m0/s1. The van der Waals surface area contributed by atoms with Crippen molar-refractivity contribution >= 4 is 11.9 Å². The lowest BCUT2D eigenvalue weighted by Crippen LogP contribution is -2.51. The summed E-state index contributed by atoms with van der Waals surface area (Å²) in [7, 11) is 0. The van der Waals surface area contributed by atoms with E-state index in [0.29, 0.717) is 23.2 Å². The smallest absolute Gasteiger partial charge is 0.334 e. The molecule has 6 heteroatoms. The van der Waals surface area contributed by atoms with Gasteiger partial charge < -0.3 is 10.4 Å². The van der Waals surface area contributed by atoms with Crippen LogP contribution < -0.4 is 5.32 Å². The maximum Gasteiger partial charge on any atom is 0.334 e. The van der Waals surface area contributed by atoms with Crippen molar-refractivity contribution in [3.8, 4) is 0 Å². The Morgan fingerprint density at radius 2 is 1.77 bits per heavy atom. The average molecular weight is 474 g/mol. The van der Waals surface area contributed by atoms with Crippen molar-refractivity contribution < 1.29 is 14.7 Å². The van der Waals surface area contributed by atoms with Gasteiger partial charge >= 0.3 is 5.97 Å². The van der Waals surface area contributed by atoms with Crippen LogP contribution in [0.5, 0.6) is 0 Å². The zero-order chi connectivity index (χ0) is 25.4. The van der Waals surface area contributed by atoms with Gasteiger partial charge in [0, 0.05) is 0 Å². The number of aliphatic carboxylic acids is 1. The Morgan fingerprint density at radius 1 is 1.11 bits per heavy atom. The monoisotopic (exact) mass is 473 g/mol. The molecular formula is C29H35N3O3. The van der Waals surface area contributed by atoms with Gasteiger partial charge in [-0.15, -0.1) is 0 Å². The van der Waals surface area contributed by atoms with Gasteiger partial charge in [-0.1, -0.05) is 68.4 Å². The van der Waals surface area contributed by atoms with Crippen LogP contribution in [0.25, 0.3) is 0 Å². The number of aryl methyl sites for hydroxylation is 2. The zero-order valence-electron chi connectivity index (χ0n) is 21.3. The molecule has 1 aliphatic rings. The van der Waals surface area contributed by atoms with Crippen LogP contribution in [0.15, 0.2) is 54.6 Å². The molecule has 1 aliphatic heterocycles. The van der Waals surface area contributed by atoms with Crippen molar-refractivity contribution in [3.05, 3.63) is 88.2 Å². The normalized spacial score (nSPS) is 18.4. The first-order valence-electron chi connectivity index (χ1n) is 12.4. The SMILES string of the molecule is CCc1ccc([C@@](CC)(NC(=O)c2c(C)nn3c2C[C@H](c2ccccc2)CC3(C)C)C(=O)O)cc1. The van der Waals surface area contributed by atoms with E-state index in [1.165, 1.54) is 5.56 Å². The molecule has 2 heterocycles. The van der Waals surface area contributed by atoms with Gasteiger partial charge in [-0.2, -0.15) is 5.10 Å². The molecule has 0 saturated heterocycles. The Morgan fingerprint density at radius 3 is 2.34 bits per heavy atom. The largest absolute Gasteiger partial charge is 0.479 e. The first-order valence-corrected chi connectivity index (χ1v) is 12.4. The van der Waals surface area contributed by atoms with Crippen LogP contribution in [-0.2, 0) is 28.7 Å². The van der Waals surface area contributed by atoms with E-state index in [1.54, 1.807) is 6.92 Å². The topological polar surface area (TPSA) is 84.2 Å². The van der Waals surface area contributed by atoms with Crippen LogP contribution in [-0.4, -0.2) is 26.8 Å². The van der Waals surface area contributed by atoms with Crippen molar-refractivity contribution in [1.29, 1.82) is 0 Å². The van der Waals surface area contributed by atoms with E-state index in [1.807, 2.05) is 54.1 Å². The lowest BCUT2D eigenvalue weighted by Gasteiger charge is -2.37. The summed E-state index contributed by atoms with van der Waals surface area (Å²) < 4.78 is 1.97. The predicted octanol–water partition coefficient (Wildman–Crippen LogP) is 5.34. The Bertz CT molecular complexity index is 1230. The van der Waals surface area contributed by atoms with E-state index in [-0.39, 0.29) is 17.9 Å². The Balaban J connectivity index is 1.74. The number of hydrogen-bond donors (Lipinski definition) is 2. The highest BCUT2D eigenvalue weighted by atomic mass is 16.4. The number of carbonyl (C=O) groups excluding carboxylic acids is 1. The second kappa shape index (κ2) is 9.33. The number of carbonyl (C=O) groups is 2. The molecule has 0 fully saturated rings. The fourth-order valence-electron chi connectivity index (χ4n) is 5.49. The van der Waals surface area contributed by atoms with E-state index in [4.69, 9.17) is 5.10 Å². The molecule has 1 amide bonds. The maximum absolute atomic E-state index is 13.8. The van der Waals surface area contributed by atoms with Gasteiger partial charge in [-0.3, -0.25) is 9.48 Å². The Hall–Kier alpha value is -3.41. The molecule has 0 bridgehead atoms. The van der Waals surface area contributed by atoms with Crippen LogP contribution in [0.3, 0.4) is 0 Å². The van der Waals surface area contributed by atoms with Crippen molar-refractivity contribution in [1.82, 2.24) is 15.1 Å². The lowest BCUT2D eigenvalue weighted by atomic mass is 9.79. The van der Waals surface area contributed by atoms with E-state index in [9.17, 15) is 14.7 Å². The molecule has 0 radical (unpaired) electrons. The van der Waals surface area contributed by atoms with Crippen LogP contribution in [0.1, 0.15) is 84.9 Å². The Kier molecular flexibility index (Phi) is 6.58. The van der Waals surface area contributed by atoms with Gasteiger partial charge in [0.1, 0.15) is 0 Å². The number of nitrogens with one attached hydrogen (secondary N) is 1. The van der Waals surface area contributed by atoms with Gasteiger partial charge in [-0.05, 0) is 69.1 Å². The number of nitrogens with zero attached hydrogens (tertiary/aromatic N) is 2. The van der Waals surface area contributed by atoms with Crippen LogP contribution >= 0.6 is 0 Å². The zero-order valence-corrected chi connectivity index (χ0v) is 21.3. The molecule has 3 aromatic rings. The number of rotatable bonds is 7. The fraction of sp³-hybridized carbons (Fsp3) is 0.414. The van der Waals surface area contributed by atoms with Crippen molar-refractivity contribution in [2.75, 3.05) is 0 Å². The Labute approximate surface area is 207 Å². The molecule has 184 valence electrons. The number of carboxylic acids is 1. The minimum Gasteiger partial charge on any atom is -0.479 e. The highest BCUT2D eigenvalue weighted by molar-refractivity contribution is 6.00. The summed E-state index contributed by atoms with van der Waals surface area (Å²) >= 11 is 0. The fourth-order valence-corrected chi connectivity index (χ4v) is 5.49. The van der Waals surface area contributed by atoms with Gasteiger partial charge in [0.2, 0.25) is 0 Å². The molecule has 0 saturated carbocycles. The van der Waals surface area contributed by atoms with Gasteiger partial charge in [0.05, 0.1) is 22.5 Å². The molecule has 0 aliphatic carbocycles. The number of fused-ring (bicyclic) bond motifs is 1. The summed E-state index contributed by atoms with van der Waals surface area (Å²) in [5, 5.41) is 18.0. The first kappa shape index (κ1) is 24.7. The molecule has 4 rings (SSSR count). The van der Waals surface area contributed by atoms with E-state index in [2.05, 4.69) is 38.2 Å². The predicted molar refractivity (Wildman–Crippen MR) is 137 cm³/mol. The third kappa shape index (κ3) is 4.38. The van der Waals surface area contributed by atoms with E-state index in [0.717, 1.165) is 24.1 Å². The van der Waals surface area contributed by atoms with Crippen molar-refractivity contribution in [3.63, 3.8) is 0 Å². The number of amides is 1. The molecular weight excluding hydrogens is 438 g/mol. The molecule has 6 nitrogen and oxygen atoms in total. The molecule has 0 unspecified atom stereocenters. The molecule has 35 heavy (non-hydrogen) atoms. The number of hydrogen-bond acceptors (Lipinski definition) is 3. The minimum absolute atomic E-state index is 0.222. The second-order valence-electron chi connectivity index (χ2n) is 10.2. The third-order valence-corrected chi connectivity index (χ3v) is 7.49. The highest BCUT2D eigenvalue weighted by Gasteiger charge is 2.43. The van der Waals surface area contributed by atoms with Crippen molar-refractivity contribution in [2.45, 2.75) is 77.3 Å². The number of carboxylic acid groups (broad SMARTS) is 1. The maximum atomic E-state index is 13.8. The molecule has 0 spiro atoms. The van der Waals surface area contributed by atoms with Gasteiger partial charge in [-0.25, -0.2) is 4.79 Å². The molecule has 2 aromatic carbocycles. The lowest BCUT2D eigenvalue weighted by molar-refractivity contribution is -0.145. The summed E-state index contributed by atoms with van der Waals surface area (Å²) in [5.41, 5.74) is 3.10. The summed E-state index contributed by atoms with van der Waals surface area (Å²) in [6.45, 7) is 9.96. The van der Waals surface area contributed by atoms with Gasteiger partial charge in [0.15, 0.2) is 5.54 Å². The van der Waals surface area contributed by atoms with E-state index >= 15 is 0 Å². The quantitative estimate of drug-likeness (QED) is 0.485. The summed E-state index contributed by atoms with van der Waals surface area (Å²) in [4.78, 5) is 26.4. The number of aromatic nitrogens is 2. The third-order valence-electron chi connectivity index (χ3n) is 7.49. The molecule has 2 atom stereocenters. The van der Waals surface area contributed by atoms with Crippen molar-refractivity contribution in [2.24, 2.45) is 0 Å². The highest BCUT2D eigenvalue weighted by Crippen LogP contribution is 2.41.